The average Bonchev–Trinajstić information content (AvgIpc) is 3.20. The average molecular weight is 521 g/mol. The third-order valence-corrected chi connectivity index (χ3v) is 7.28. The molecule has 4 nitrogen and oxygen atoms in total. The van der Waals surface area contributed by atoms with Crippen molar-refractivity contribution in [1.29, 1.82) is 0 Å². The first kappa shape index (κ1) is 21.1. The number of amides is 2. The van der Waals surface area contributed by atoms with Gasteiger partial charge in [-0.25, -0.2) is 0 Å². The zero-order chi connectivity index (χ0) is 22.4. The molecule has 158 valence electrons. The predicted octanol–water partition coefficient (Wildman–Crippen LogP) is 6.08. The predicted molar refractivity (Wildman–Crippen MR) is 138 cm³/mol. The molecule has 32 heavy (non-hydrogen) atoms. The van der Waals surface area contributed by atoms with Gasteiger partial charge < -0.3 is 4.90 Å². The van der Waals surface area contributed by atoms with Gasteiger partial charge in [-0.05, 0) is 48.4 Å². The number of nitrogens with zero attached hydrogens (tertiary/aromatic N) is 2. The molecule has 3 aromatic carbocycles. The highest BCUT2D eigenvalue weighted by Crippen LogP contribution is 2.46. The third-order valence-electron chi connectivity index (χ3n) is 5.41. The van der Waals surface area contributed by atoms with Crippen molar-refractivity contribution in [2.45, 2.75) is 13.5 Å². The number of carbonyl (C=O) groups excluding carboxylic acids is 2. The van der Waals surface area contributed by atoms with Crippen molar-refractivity contribution < 1.29 is 9.59 Å². The molecule has 2 aliphatic heterocycles. The van der Waals surface area contributed by atoms with Gasteiger partial charge in [-0.15, -0.1) is 0 Å². The van der Waals surface area contributed by atoms with Gasteiger partial charge >= 0.3 is 0 Å². The van der Waals surface area contributed by atoms with E-state index in [9.17, 15) is 9.59 Å². The lowest BCUT2D eigenvalue weighted by molar-refractivity contribution is -0.115. The zero-order valence-corrected chi connectivity index (χ0v) is 20.3. The van der Waals surface area contributed by atoms with Crippen molar-refractivity contribution in [3.05, 3.63) is 98.9 Å². The van der Waals surface area contributed by atoms with Gasteiger partial charge in [0.15, 0.2) is 4.32 Å². The van der Waals surface area contributed by atoms with Gasteiger partial charge in [0, 0.05) is 10.0 Å². The van der Waals surface area contributed by atoms with Crippen molar-refractivity contribution in [2.24, 2.45) is 0 Å². The zero-order valence-electron chi connectivity index (χ0n) is 17.0. The number of rotatable bonds is 3. The van der Waals surface area contributed by atoms with E-state index in [0.717, 1.165) is 26.9 Å². The van der Waals surface area contributed by atoms with Crippen LogP contribution in [0.1, 0.15) is 16.7 Å². The highest BCUT2D eigenvalue weighted by Gasteiger charge is 2.42. The molecule has 7 heteroatoms. The first-order valence-corrected chi connectivity index (χ1v) is 12.0. The molecule has 2 heterocycles. The van der Waals surface area contributed by atoms with Gasteiger partial charge in [0.2, 0.25) is 0 Å². The summed E-state index contributed by atoms with van der Waals surface area (Å²) < 4.78 is 1.38. The summed E-state index contributed by atoms with van der Waals surface area (Å²) in [7, 11) is 0. The Morgan fingerprint density at radius 1 is 0.938 bits per heavy atom. The number of aryl methyl sites for hydroxylation is 1. The number of anilines is 2. The monoisotopic (exact) mass is 520 g/mol. The second kappa shape index (κ2) is 8.31. The van der Waals surface area contributed by atoms with E-state index in [2.05, 4.69) is 15.9 Å². The lowest BCUT2D eigenvalue weighted by Gasteiger charge is -2.17. The van der Waals surface area contributed by atoms with Crippen LogP contribution in [-0.4, -0.2) is 16.1 Å². The second-order valence-corrected chi connectivity index (χ2v) is 10.1. The molecule has 0 N–H and O–H groups in total. The molecule has 0 spiro atoms. The van der Waals surface area contributed by atoms with Gasteiger partial charge in [-0.2, -0.15) is 0 Å². The summed E-state index contributed by atoms with van der Waals surface area (Å²) in [4.78, 5) is 30.7. The SMILES string of the molecule is Cc1cccc(N2C(=O)C(=C3C(=O)N(Cc4cccc(Br)c4)c4ccccc43)SC2=S)c1. The number of thioether (sulfide) groups is 1. The Hall–Kier alpha value is -2.74. The van der Waals surface area contributed by atoms with E-state index in [0.29, 0.717) is 27.0 Å². The molecule has 0 atom stereocenters. The number of hydrogen-bond donors (Lipinski definition) is 0. The van der Waals surface area contributed by atoms with Crippen molar-refractivity contribution in [3.63, 3.8) is 0 Å². The van der Waals surface area contributed by atoms with E-state index in [-0.39, 0.29) is 11.8 Å². The van der Waals surface area contributed by atoms with Crippen LogP contribution in [0.25, 0.3) is 5.57 Å². The van der Waals surface area contributed by atoms with E-state index in [1.54, 1.807) is 4.90 Å². The molecule has 2 amide bonds. The number of halogens is 1. The van der Waals surface area contributed by atoms with E-state index < -0.39 is 0 Å². The van der Waals surface area contributed by atoms with Gasteiger partial charge in [-0.3, -0.25) is 14.5 Å². The van der Waals surface area contributed by atoms with Crippen LogP contribution in [0.2, 0.25) is 0 Å². The fourth-order valence-electron chi connectivity index (χ4n) is 3.98. The minimum atomic E-state index is -0.256. The maximum Gasteiger partial charge on any atom is 0.271 e. The molecular formula is C25H17BrN2O2S2. The Balaban J connectivity index is 1.58. The topological polar surface area (TPSA) is 40.6 Å². The van der Waals surface area contributed by atoms with Crippen molar-refractivity contribution in [1.82, 2.24) is 0 Å². The maximum absolute atomic E-state index is 13.6. The normalized spacial score (nSPS) is 18.0. The third kappa shape index (κ3) is 3.60. The quantitative estimate of drug-likeness (QED) is 0.310. The molecule has 0 saturated carbocycles. The molecule has 1 saturated heterocycles. The van der Waals surface area contributed by atoms with Gasteiger partial charge in [0.1, 0.15) is 0 Å². The molecular weight excluding hydrogens is 504 g/mol. The number of hydrogen-bond acceptors (Lipinski definition) is 4. The fraction of sp³-hybridized carbons (Fsp3) is 0.0800. The molecule has 0 bridgehead atoms. The lowest BCUT2D eigenvalue weighted by atomic mass is 10.1. The number of benzene rings is 3. The summed E-state index contributed by atoms with van der Waals surface area (Å²) >= 11 is 10.2. The Morgan fingerprint density at radius 2 is 1.72 bits per heavy atom. The Labute approximate surface area is 204 Å². The number of thiocarbonyl (C=S) groups is 1. The number of fused-ring (bicyclic) bond motifs is 1. The lowest BCUT2D eigenvalue weighted by Crippen LogP contribution is -2.29. The Kier molecular flexibility index (Phi) is 5.49. The highest BCUT2D eigenvalue weighted by molar-refractivity contribution is 9.10. The van der Waals surface area contributed by atoms with Crippen LogP contribution in [0.3, 0.4) is 0 Å². The standard InChI is InChI=1S/C25H17BrN2O2S2/c1-15-6-4-9-18(12-15)28-24(30)22(32-25(28)31)21-19-10-2-3-11-20(19)27(23(21)29)14-16-7-5-8-17(26)13-16/h2-13H,14H2,1H3. The first-order valence-electron chi connectivity index (χ1n) is 9.97. The molecule has 3 aromatic rings. The van der Waals surface area contributed by atoms with Gasteiger partial charge in [0.25, 0.3) is 11.8 Å². The summed E-state index contributed by atoms with van der Waals surface area (Å²) in [5.74, 6) is -0.441. The summed E-state index contributed by atoms with van der Waals surface area (Å²) in [5.41, 5.74) is 4.73. The van der Waals surface area contributed by atoms with E-state index in [1.807, 2.05) is 79.7 Å². The summed E-state index contributed by atoms with van der Waals surface area (Å²) in [6, 6.07) is 23.1. The van der Waals surface area contributed by atoms with Crippen LogP contribution in [0.4, 0.5) is 11.4 Å². The highest BCUT2D eigenvalue weighted by atomic mass is 79.9. The van der Waals surface area contributed by atoms with Crippen LogP contribution in [0.15, 0.2) is 82.2 Å². The minimum absolute atomic E-state index is 0.184. The van der Waals surface area contributed by atoms with E-state index >= 15 is 0 Å². The molecule has 0 aliphatic carbocycles. The van der Waals surface area contributed by atoms with E-state index in [1.165, 1.54) is 16.7 Å². The molecule has 0 radical (unpaired) electrons. The number of para-hydroxylation sites is 1. The summed E-state index contributed by atoms with van der Waals surface area (Å²) in [5, 5.41) is 0. The van der Waals surface area contributed by atoms with Crippen molar-refractivity contribution >= 4 is 73.0 Å². The maximum atomic E-state index is 13.6. The Bertz CT molecular complexity index is 1330. The van der Waals surface area contributed by atoms with Crippen molar-refractivity contribution in [2.75, 3.05) is 9.80 Å². The first-order chi connectivity index (χ1) is 15.4. The summed E-state index contributed by atoms with van der Waals surface area (Å²) in [6.45, 7) is 2.38. The largest absolute Gasteiger partial charge is 0.303 e. The smallest absolute Gasteiger partial charge is 0.271 e. The second-order valence-electron chi connectivity index (χ2n) is 7.59. The van der Waals surface area contributed by atoms with E-state index in [4.69, 9.17) is 12.2 Å². The molecule has 0 unspecified atom stereocenters. The van der Waals surface area contributed by atoms with Crippen LogP contribution in [-0.2, 0) is 16.1 Å². The Morgan fingerprint density at radius 3 is 2.50 bits per heavy atom. The van der Waals surface area contributed by atoms with Crippen LogP contribution < -0.4 is 9.80 Å². The van der Waals surface area contributed by atoms with Gasteiger partial charge in [0.05, 0.1) is 28.4 Å². The molecule has 0 aromatic heterocycles. The summed E-state index contributed by atoms with van der Waals surface area (Å²) in [6.07, 6.45) is 0. The molecule has 1 fully saturated rings. The minimum Gasteiger partial charge on any atom is -0.303 e. The fourth-order valence-corrected chi connectivity index (χ4v) is 5.80. The van der Waals surface area contributed by atoms with Crippen molar-refractivity contribution in [3.8, 4) is 0 Å². The van der Waals surface area contributed by atoms with Crippen LogP contribution in [0, 0.1) is 6.92 Å². The molecule has 5 rings (SSSR count). The van der Waals surface area contributed by atoms with Gasteiger partial charge in [-0.1, -0.05) is 82.4 Å². The van der Waals surface area contributed by atoms with Crippen LogP contribution in [0.5, 0.6) is 0 Å². The van der Waals surface area contributed by atoms with Crippen LogP contribution >= 0.6 is 39.9 Å². The number of carbonyl (C=O) groups is 2. The molecule has 2 aliphatic rings.